The predicted octanol–water partition coefficient (Wildman–Crippen LogP) is 3.64. The molecule has 1 aromatic heterocycles. The number of halogens is 3. The molecular formula is C20H17F3N2O3S. The van der Waals surface area contributed by atoms with E-state index in [2.05, 4.69) is 4.98 Å². The second-order valence-corrected chi connectivity index (χ2v) is 9.54. The van der Waals surface area contributed by atoms with Crippen molar-refractivity contribution in [2.75, 3.05) is 11.5 Å². The number of carbonyl (C=O) groups is 1. The topological polar surface area (TPSA) is 93.0 Å². The van der Waals surface area contributed by atoms with Gasteiger partial charge in [-0.1, -0.05) is 0 Å². The number of aromatic amines is 1. The minimum absolute atomic E-state index is 0.0510. The summed E-state index contributed by atoms with van der Waals surface area (Å²) in [6, 6.07) is 4.74. The molecule has 2 aromatic carbocycles. The van der Waals surface area contributed by atoms with Crippen molar-refractivity contribution in [3.05, 3.63) is 59.0 Å². The van der Waals surface area contributed by atoms with Crippen LogP contribution in [-0.4, -0.2) is 30.8 Å². The first-order chi connectivity index (χ1) is 13.7. The maximum atomic E-state index is 13.7. The number of fused-ring (bicyclic) bond motifs is 1. The molecule has 2 heterocycles. The van der Waals surface area contributed by atoms with Crippen LogP contribution in [0.25, 0.3) is 22.0 Å². The zero-order valence-electron chi connectivity index (χ0n) is 15.1. The number of nitrogens with one attached hydrogen (secondary N) is 1. The van der Waals surface area contributed by atoms with Gasteiger partial charge in [-0.3, -0.25) is 4.79 Å². The molecule has 0 radical (unpaired) electrons. The van der Waals surface area contributed by atoms with Crippen LogP contribution in [0.4, 0.5) is 13.2 Å². The van der Waals surface area contributed by atoms with Gasteiger partial charge in [0.15, 0.2) is 17.5 Å². The smallest absolute Gasteiger partial charge is 0.250 e. The molecule has 0 unspecified atom stereocenters. The third-order valence-corrected chi connectivity index (χ3v) is 7.11. The molecule has 9 heteroatoms. The molecule has 1 amide bonds. The quantitative estimate of drug-likeness (QED) is 0.631. The maximum absolute atomic E-state index is 13.7. The average Bonchev–Trinajstić information content (AvgIpc) is 3.08. The van der Waals surface area contributed by atoms with E-state index in [0.29, 0.717) is 29.3 Å². The first kappa shape index (κ1) is 19.5. The number of nitrogens with two attached hydrogens (primary N) is 1. The Morgan fingerprint density at radius 3 is 2.17 bits per heavy atom. The number of primary amides is 1. The summed E-state index contributed by atoms with van der Waals surface area (Å²) >= 11 is 0. The summed E-state index contributed by atoms with van der Waals surface area (Å²) in [7, 11) is -3.05. The van der Waals surface area contributed by atoms with E-state index in [-0.39, 0.29) is 28.6 Å². The van der Waals surface area contributed by atoms with Crippen LogP contribution in [0.1, 0.15) is 34.7 Å². The fraction of sp³-hybridized carbons (Fsp3) is 0.250. The van der Waals surface area contributed by atoms with Crippen molar-refractivity contribution in [3.8, 4) is 11.1 Å². The van der Waals surface area contributed by atoms with E-state index < -0.39 is 33.2 Å². The van der Waals surface area contributed by atoms with Crippen LogP contribution in [0.5, 0.6) is 0 Å². The number of sulfone groups is 1. The highest BCUT2D eigenvalue weighted by Crippen LogP contribution is 2.37. The number of rotatable bonds is 3. The Hall–Kier alpha value is -2.81. The predicted molar refractivity (Wildman–Crippen MR) is 103 cm³/mol. The van der Waals surface area contributed by atoms with Crippen LogP contribution in [-0.2, 0) is 9.84 Å². The Kier molecular flexibility index (Phi) is 4.65. The molecule has 152 valence electrons. The van der Waals surface area contributed by atoms with E-state index in [9.17, 15) is 26.4 Å². The molecule has 0 saturated carbocycles. The minimum atomic E-state index is -3.05. The van der Waals surface area contributed by atoms with Crippen LogP contribution in [0.3, 0.4) is 0 Å². The second kappa shape index (κ2) is 6.91. The van der Waals surface area contributed by atoms with Crippen molar-refractivity contribution in [3.63, 3.8) is 0 Å². The van der Waals surface area contributed by atoms with Crippen molar-refractivity contribution >= 4 is 26.6 Å². The van der Waals surface area contributed by atoms with E-state index in [0.717, 1.165) is 17.7 Å². The van der Waals surface area contributed by atoms with Crippen LogP contribution in [0.2, 0.25) is 0 Å². The molecule has 5 nitrogen and oxygen atoms in total. The zero-order valence-corrected chi connectivity index (χ0v) is 16.0. The number of hydrogen-bond donors (Lipinski definition) is 2. The lowest BCUT2D eigenvalue weighted by Crippen LogP contribution is -2.22. The molecule has 0 spiro atoms. The van der Waals surface area contributed by atoms with Gasteiger partial charge in [-0.2, -0.15) is 0 Å². The lowest BCUT2D eigenvalue weighted by atomic mass is 9.91. The zero-order chi connectivity index (χ0) is 20.9. The lowest BCUT2D eigenvalue weighted by molar-refractivity contribution is 0.100. The van der Waals surface area contributed by atoms with E-state index in [1.807, 2.05) is 0 Å². The van der Waals surface area contributed by atoms with Crippen LogP contribution >= 0.6 is 0 Å². The Bertz CT molecular complexity index is 1210. The van der Waals surface area contributed by atoms with E-state index in [1.54, 1.807) is 12.3 Å². The SMILES string of the molecule is NC(=O)c1cc(-c2cc(F)c(F)c(F)c2)cc2c(C3CCS(=O)(=O)CC3)c[nH]c12. The molecule has 1 aliphatic heterocycles. The molecule has 0 aliphatic carbocycles. The third-order valence-electron chi connectivity index (χ3n) is 5.40. The Balaban J connectivity index is 1.88. The summed E-state index contributed by atoms with van der Waals surface area (Å²) in [6.45, 7) is 0. The monoisotopic (exact) mass is 422 g/mol. The molecule has 1 saturated heterocycles. The molecule has 1 aliphatic rings. The molecule has 0 atom stereocenters. The number of carbonyl (C=O) groups excluding carboxylic acids is 1. The van der Waals surface area contributed by atoms with Crippen LogP contribution in [0, 0.1) is 17.5 Å². The molecule has 3 aromatic rings. The third kappa shape index (κ3) is 3.50. The van der Waals surface area contributed by atoms with Gasteiger partial charge in [0.05, 0.1) is 22.6 Å². The first-order valence-corrected chi connectivity index (χ1v) is 10.8. The summed E-state index contributed by atoms with van der Waals surface area (Å²) < 4.78 is 64.2. The van der Waals surface area contributed by atoms with Crippen LogP contribution < -0.4 is 5.73 Å². The van der Waals surface area contributed by atoms with Crippen LogP contribution in [0.15, 0.2) is 30.5 Å². The highest BCUT2D eigenvalue weighted by molar-refractivity contribution is 7.91. The van der Waals surface area contributed by atoms with Crippen molar-refractivity contribution in [1.82, 2.24) is 4.98 Å². The van der Waals surface area contributed by atoms with E-state index in [1.165, 1.54) is 6.07 Å². The van der Waals surface area contributed by atoms with Gasteiger partial charge in [-0.05, 0) is 59.7 Å². The fourth-order valence-corrected chi connectivity index (χ4v) is 5.37. The number of benzene rings is 2. The summed E-state index contributed by atoms with van der Waals surface area (Å²) in [5, 5.41) is 0.616. The average molecular weight is 422 g/mol. The molecule has 0 bridgehead atoms. The molecule has 3 N–H and O–H groups in total. The molecular weight excluding hydrogens is 405 g/mol. The van der Waals surface area contributed by atoms with Gasteiger partial charge in [-0.15, -0.1) is 0 Å². The van der Waals surface area contributed by atoms with Gasteiger partial charge in [0, 0.05) is 11.6 Å². The van der Waals surface area contributed by atoms with Gasteiger partial charge in [0.2, 0.25) is 0 Å². The van der Waals surface area contributed by atoms with Crippen molar-refractivity contribution in [2.45, 2.75) is 18.8 Å². The van der Waals surface area contributed by atoms with Gasteiger partial charge in [-0.25, -0.2) is 21.6 Å². The highest BCUT2D eigenvalue weighted by atomic mass is 32.2. The fourth-order valence-electron chi connectivity index (χ4n) is 3.87. The maximum Gasteiger partial charge on any atom is 0.250 e. The van der Waals surface area contributed by atoms with Gasteiger partial charge >= 0.3 is 0 Å². The van der Waals surface area contributed by atoms with Crippen molar-refractivity contribution in [2.24, 2.45) is 5.73 Å². The lowest BCUT2D eigenvalue weighted by Gasteiger charge is -2.21. The summed E-state index contributed by atoms with van der Waals surface area (Å²) in [4.78, 5) is 15.0. The first-order valence-electron chi connectivity index (χ1n) is 8.96. The summed E-state index contributed by atoms with van der Waals surface area (Å²) in [6.07, 6.45) is 2.58. The van der Waals surface area contributed by atoms with Gasteiger partial charge in [0.25, 0.3) is 5.91 Å². The number of aromatic nitrogens is 1. The normalized spacial score (nSPS) is 16.9. The second-order valence-electron chi connectivity index (χ2n) is 7.23. The largest absolute Gasteiger partial charge is 0.366 e. The van der Waals surface area contributed by atoms with Gasteiger partial charge in [0.1, 0.15) is 9.84 Å². The minimum Gasteiger partial charge on any atom is -0.366 e. The Labute approximate surface area is 164 Å². The standard InChI is InChI=1S/C20H17F3N2O3S/c21-16-7-12(8-17(22)18(16)23)11-5-13-15(10-1-3-29(27,28)4-2-10)9-25-19(13)14(6-11)20(24)26/h5-10,25H,1-4H2,(H2,24,26). The molecule has 4 rings (SSSR count). The highest BCUT2D eigenvalue weighted by Gasteiger charge is 2.27. The van der Waals surface area contributed by atoms with Crippen molar-refractivity contribution in [1.29, 1.82) is 0 Å². The Morgan fingerprint density at radius 2 is 1.59 bits per heavy atom. The number of H-pyrrole nitrogens is 1. The summed E-state index contributed by atoms with van der Waals surface area (Å²) in [5.41, 5.74) is 7.24. The van der Waals surface area contributed by atoms with Crippen molar-refractivity contribution < 1.29 is 26.4 Å². The Morgan fingerprint density at radius 1 is 1.00 bits per heavy atom. The number of amides is 1. The number of hydrogen-bond acceptors (Lipinski definition) is 3. The van der Waals surface area contributed by atoms with E-state index in [4.69, 9.17) is 5.73 Å². The summed E-state index contributed by atoms with van der Waals surface area (Å²) in [5.74, 6) is -4.90. The molecule has 29 heavy (non-hydrogen) atoms. The van der Waals surface area contributed by atoms with Gasteiger partial charge < -0.3 is 10.7 Å². The molecule has 1 fully saturated rings. The van der Waals surface area contributed by atoms with E-state index >= 15 is 0 Å².